The van der Waals surface area contributed by atoms with Gasteiger partial charge in [0.15, 0.2) is 18.1 Å². The average molecular weight is 445 g/mol. The van der Waals surface area contributed by atoms with Crippen LogP contribution in [0.25, 0.3) is 0 Å². The van der Waals surface area contributed by atoms with Crippen LogP contribution in [0.4, 0.5) is 0 Å². The van der Waals surface area contributed by atoms with E-state index >= 15 is 0 Å². The van der Waals surface area contributed by atoms with Crippen molar-refractivity contribution in [2.75, 3.05) is 13.7 Å². The van der Waals surface area contributed by atoms with Crippen LogP contribution in [0.1, 0.15) is 49.0 Å². The van der Waals surface area contributed by atoms with E-state index in [9.17, 15) is 4.79 Å². The molecule has 2 aromatic rings. The molecule has 1 heterocycles. The quantitative estimate of drug-likeness (QED) is 0.535. The van der Waals surface area contributed by atoms with Gasteiger partial charge in [0.05, 0.1) is 19.3 Å². The van der Waals surface area contributed by atoms with E-state index in [-0.39, 0.29) is 24.0 Å². The molecule has 1 saturated heterocycles. The van der Waals surface area contributed by atoms with E-state index in [1.807, 2.05) is 13.0 Å². The molecule has 5 nitrogen and oxygen atoms in total. The summed E-state index contributed by atoms with van der Waals surface area (Å²) in [6.45, 7) is 9.90. The molecule has 166 valence electrons. The Hall–Kier alpha value is -2.50. The molecule has 0 bridgehead atoms. The summed E-state index contributed by atoms with van der Waals surface area (Å²) in [5.41, 5.74) is 4.16. The lowest BCUT2D eigenvalue weighted by atomic mass is 9.75. The number of aliphatic carboxylic acids is 1. The molecule has 1 aliphatic heterocycles. The number of aryl methyl sites for hydroxylation is 1. The number of hydrogen-bond acceptors (Lipinski definition) is 4. The minimum Gasteiger partial charge on any atom is -0.493 e. The van der Waals surface area contributed by atoms with Crippen LogP contribution in [0.15, 0.2) is 48.6 Å². The van der Waals surface area contributed by atoms with E-state index in [1.165, 1.54) is 18.2 Å². The molecular weight excluding hydrogens is 416 g/mol. The van der Waals surface area contributed by atoms with E-state index in [0.717, 1.165) is 12.0 Å². The highest BCUT2D eigenvalue weighted by atomic mass is 35.5. The van der Waals surface area contributed by atoms with Gasteiger partial charge in [0.1, 0.15) is 0 Å². The minimum atomic E-state index is -1.07. The van der Waals surface area contributed by atoms with Gasteiger partial charge in [-0.25, -0.2) is 4.79 Å². The third-order valence-electron chi connectivity index (χ3n) is 5.94. The van der Waals surface area contributed by atoms with Gasteiger partial charge < -0.3 is 19.3 Å². The van der Waals surface area contributed by atoms with Gasteiger partial charge in [0, 0.05) is 28.5 Å². The van der Waals surface area contributed by atoms with Crippen molar-refractivity contribution in [1.82, 2.24) is 0 Å². The molecule has 2 aromatic carbocycles. The Balaban J connectivity index is 2.04. The molecule has 6 heteroatoms. The maximum Gasteiger partial charge on any atom is 0.341 e. The number of rotatable bonds is 7. The highest BCUT2D eigenvalue weighted by Crippen LogP contribution is 2.50. The predicted octanol–water partition coefficient (Wildman–Crippen LogP) is 5.95. The molecule has 0 aromatic heterocycles. The second kappa shape index (κ2) is 9.75. The molecule has 4 atom stereocenters. The van der Waals surface area contributed by atoms with Crippen LogP contribution in [0.3, 0.4) is 0 Å². The molecule has 31 heavy (non-hydrogen) atoms. The first kappa shape index (κ1) is 23.2. The zero-order chi connectivity index (χ0) is 22.7. The van der Waals surface area contributed by atoms with Crippen LogP contribution in [0.2, 0.25) is 5.02 Å². The molecule has 0 radical (unpaired) electrons. The maximum absolute atomic E-state index is 11.1. The zero-order valence-electron chi connectivity index (χ0n) is 18.4. The van der Waals surface area contributed by atoms with Crippen molar-refractivity contribution < 1.29 is 24.1 Å². The monoisotopic (exact) mass is 444 g/mol. The molecule has 0 aliphatic carbocycles. The lowest BCUT2D eigenvalue weighted by molar-refractivity contribution is -0.139. The number of ether oxygens (including phenoxy) is 3. The lowest BCUT2D eigenvalue weighted by Crippen LogP contribution is -2.35. The van der Waals surface area contributed by atoms with Gasteiger partial charge in [-0.05, 0) is 44.4 Å². The summed E-state index contributed by atoms with van der Waals surface area (Å²) in [7, 11) is 1.50. The first-order valence-electron chi connectivity index (χ1n) is 10.3. The summed E-state index contributed by atoms with van der Waals surface area (Å²) in [5.74, 6) is -0.148. The van der Waals surface area contributed by atoms with Crippen molar-refractivity contribution in [1.29, 1.82) is 0 Å². The molecule has 0 spiro atoms. The number of carboxylic acid groups (broad SMARTS) is 1. The number of hydrogen-bond donors (Lipinski definition) is 1. The molecule has 1 aliphatic rings. The number of benzene rings is 2. The summed E-state index contributed by atoms with van der Waals surface area (Å²) in [6, 6.07) is 11.7. The van der Waals surface area contributed by atoms with Crippen molar-refractivity contribution in [3.8, 4) is 11.5 Å². The van der Waals surface area contributed by atoms with Crippen molar-refractivity contribution in [2.24, 2.45) is 5.92 Å². The van der Waals surface area contributed by atoms with Gasteiger partial charge in [-0.1, -0.05) is 48.0 Å². The third kappa shape index (κ3) is 5.05. The van der Waals surface area contributed by atoms with Crippen LogP contribution in [0, 0.1) is 12.8 Å². The van der Waals surface area contributed by atoms with Gasteiger partial charge >= 0.3 is 5.97 Å². The Morgan fingerprint density at radius 2 is 2.00 bits per heavy atom. The number of carboxylic acids is 1. The van der Waals surface area contributed by atoms with Gasteiger partial charge in [-0.3, -0.25) is 0 Å². The van der Waals surface area contributed by atoms with Crippen molar-refractivity contribution in [2.45, 2.75) is 45.3 Å². The summed E-state index contributed by atoms with van der Waals surface area (Å²) in [4.78, 5) is 11.1. The van der Waals surface area contributed by atoms with Gasteiger partial charge in [0.25, 0.3) is 0 Å². The fraction of sp³-hybridized carbons (Fsp3) is 0.400. The van der Waals surface area contributed by atoms with E-state index in [4.69, 9.17) is 30.9 Å². The summed E-state index contributed by atoms with van der Waals surface area (Å²) < 4.78 is 17.6. The SMILES string of the molecule is C=C(C)[C@H]1C[C@H](c2ccccc2C)[C@H](C)O[C@@H]1c1cc(Cl)cc(OC)c1OCC(=O)O. The molecule has 0 unspecified atom stereocenters. The van der Waals surface area contributed by atoms with Crippen LogP contribution in [-0.4, -0.2) is 30.9 Å². The average Bonchev–Trinajstić information content (AvgIpc) is 2.72. The number of methoxy groups -OCH3 is 1. The minimum absolute atomic E-state index is 0.00356. The molecule has 1 fully saturated rings. The first-order valence-corrected chi connectivity index (χ1v) is 10.7. The van der Waals surface area contributed by atoms with Crippen LogP contribution in [-0.2, 0) is 9.53 Å². The standard InChI is InChI=1S/C25H29ClO5/c1-14(2)19-12-20(18-9-7-6-8-15(18)3)16(4)31-24(19)21-10-17(26)11-22(29-5)25(21)30-13-23(27)28/h6-11,16,19-20,24H,1,12-13H2,2-5H3,(H,27,28)/t16-,19+,20-,24-/m0/s1. The first-order chi connectivity index (χ1) is 14.7. The number of carbonyl (C=O) groups is 1. The van der Waals surface area contributed by atoms with Crippen LogP contribution >= 0.6 is 11.6 Å². The highest BCUT2D eigenvalue weighted by molar-refractivity contribution is 6.30. The largest absolute Gasteiger partial charge is 0.493 e. The topological polar surface area (TPSA) is 65.0 Å². The third-order valence-corrected chi connectivity index (χ3v) is 6.16. The van der Waals surface area contributed by atoms with Gasteiger partial charge in [0.2, 0.25) is 0 Å². The lowest BCUT2D eigenvalue weighted by Gasteiger charge is -2.42. The fourth-order valence-corrected chi connectivity index (χ4v) is 4.60. The normalized spacial score (nSPS) is 23.3. The van der Waals surface area contributed by atoms with Gasteiger partial charge in [-0.2, -0.15) is 0 Å². The van der Waals surface area contributed by atoms with Crippen molar-refractivity contribution in [3.05, 3.63) is 70.3 Å². The summed E-state index contributed by atoms with van der Waals surface area (Å²) >= 11 is 6.36. The zero-order valence-corrected chi connectivity index (χ0v) is 19.1. The molecular formula is C25H29ClO5. The molecule has 3 rings (SSSR count). The Kier molecular flexibility index (Phi) is 7.29. The van der Waals surface area contributed by atoms with Crippen LogP contribution in [0.5, 0.6) is 11.5 Å². The van der Waals surface area contributed by atoms with Crippen molar-refractivity contribution in [3.63, 3.8) is 0 Å². The Morgan fingerprint density at radius 1 is 1.29 bits per heavy atom. The highest BCUT2D eigenvalue weighted by Gasteiger charge is 2.40. The van der Waals surface area contributed by atoms with E-state index in [1.54, 1.807) is 12.1 Å². The Labute approximate surface area is 188 Å². The predicted molar refractivity (Wildman–Crippen MR) is 121 cm³/mol. The summed E-state index contributed by atoms with van der Waals surface area (Å²) in [6.07, 6.45) is 0.391. The van der Waals surface area contributed by atoms with Gasteiger partial charge in [-0.15, -0.1) is 0 Å². The smallest absolute Gasteiger partial charge is 0.341 e. The van der Waals surface area contributed by atoms with E-state index in [0.29, 0.717) is 22.1 Å². The Bertz CT molecular complexity index is 970. The molecule has 0 saturated carbocycles. The molecule has 0 amide bonds. The Morgan fingerprint density at radius 3 is 2.61 bits per heavy atom. The second-order valence-corrected chi connectivity index (χ2v) is 8.56. The van der Waals surface area contributed by atoms with E-state index in [2.05, 4.69) is 38.6 Å². The van der Waals surface area contributed by atoms with E-state index < -0.39 is 12.6 Å². The summed E-state index contributed by atoms with van der Waals surface area (Å²) in [5, 5.41) is 9.59. The van der Waals surface area contributed by atoms with Crippen molar-refractivity contribution >= 4 is 17.6 Å². The molecule has 1 N–H and O–H groups in total. The number of halogens is 1. The maximum atomic E-state index is 11.1. The fourth-order valence-electron chi connectivity index (χ4n) is 4.38. The second-order valence-electron chi connectivity index (χ2n) is 8.12. The van der Waals surface area contributed by atoms with Crippen LogP contribution < -0.4 is 9.47 Å².